The van der Waals surface area contributed by atoms with Crippen molar-refractivity contribution in [2.75, 3.05) is 6.54 Å². The van der Waals surface area contributed by atoms with Gasteiger partial charge in [-0.2, -0.15) is 0 Å². The first-order chi connectivity index (χ1) is 8.93. The number of nitro groups is 1. The van der Waals surface area contributed by atoms with Crippen LogP contribution < -0.4 is 5.32 Å². The number of aliphatic hydroxyl groups is 1. The summed E-state index contributed by atoms with van der Waals surface area (Å²) in [5, 5.41) is 22.6. The van der Waals surface area contributed by atoms with Crippen molar-refractivity contribution in [1.82, 2.24) is 5.32 Å². The molecule has 104 valence electrons. The molecule has 1 unspecified atom stereocenters. The smallest absolute Gasteiger partial charge is 0.282 e. The Hall–Kier alpha value is -1.95. The molecular weight excluding hydrogens is 248 g/mol. The Morgan fingerprint density at radius 2 is 2.21 bits per heavy atom. The fourth-order valence-electron chi connectivity index (χ4n) is 1.79. The van der Waals surface area contributed by atoms with E-state index in [1.54, 1.807) is 26.0 Å². The molecule has 0 aromatic heterocycles. The summed E-state index contributed by atoms with van der Waals surface area (Å²) >= 11 is 0. The Morgan fingerprint density at radius 1 is 1.53 bits per heavy atom. The number of aryl methyl sites for hydroxylation is 1. The van der Waals surface area contributed by atoms with Crippen molar-refractivity contribution in [3.8, 4) is 0 Å². The standard InChI is InChI=1S/C13H18N2O4/c1-9-5-3-7-11(15(18)19)12(9)13(17)14-8-4-6-10(2)16/h3,5,7,10,16H,4,6,8H2,1-2H3,(H,14,17). The first-order valence-corrected chi connectivity index (χ1v) is 6.13. The van der Waals surface area contributed by atoms with Crippen LogP contribution >= 0.6 is 0 Å². The van der Waals surface area contributed by atoms with Gasteiger partial charge in [-0.15, -0.1) is 0 Å². The molecule has 0 fully saturated rings. The number of carbonyl (C=O) groups excluding carboxylic acids is 1. The molecule has 0 aliphatic heterocycles. The highest BCUT2D eigenvalue weighted by atomic mass is 16.6. The maximum absolute atomic E-state index is 12.0. The van der Waals surface area contributed by atoms with E-state index in [-0.39, 0.29) is 11.3 Å². The van der Waals surface area contributed by atoms with Crippen LogP contribution in [0.4, 0.5) is 5.69 Å². The lowest BCUT2D eigenvalue weighted by atomic mass is 10.1. The second-order valence-electron chi connectivity index (χ2n) is 4.47. The van der Waals surface area contributed by atoms with Crippen LogP contribution in [0.2, 0.25) is 0 Å². The van der Waals surface area contributed by atoms with Gasteiger partial charge in [-0.25, -0.2) is 0 Å². The van der Waals surface area contributed by atoms with E-state index in [4.69, 9.17) is 5.11 Å². The Labute approximate surface area is 111 Å². The lowest BCUT2D eigenvalue weighted by Gasteiger charge is -2.08. The zero-order valence-corrected chi connectivity index (χ0v) is 11.0. The third-order valence-electron chi connectivity index (χ3n) is 2.76. The van der Waals surface area contributed by atoms with Gasteiger partial charge in [-0.05, 0) is 32.3 Å². The SMILES string of the molecule is Cc1cccc([N+](=O)[O-])c1C(=O)NCCCC(C)O. The predicted octanol–water partition coefficient (Wildman–Crippen LogP) is 1.79. The minimum Gasteiger partial charge on any atom is -0.393 e. The molecule has 2 N–H and O–H groups in total. The van der Waals surface area contributed by atoms with Gasteiger partial charge < -0.3 is 10.4 Å². The monoisotopic (exact) mass is 266 g/mol. The third-order valence-corrected chi connectivity index (χ3v) is 2.76. The fraction of sp³-hybridized carbons (Fsp3) is 0.462. The molecule has 1 atom stereocenters. The van der Waals surface area contributed by atoms with Gasteiger partial charge in [-0.3, -0.25) is 14.9 Å². The Bertz CT molecular complexity index is 472. The lowest BCUT2D eigenvalue weighted by molar-refractivity contribution is -0.385. The number of benzene rings is 1. The van der Waals surface area contributed by atoms with E-state index >= 15 is 0 Å². The van der Waals surface area contributed by atoms with Crippen LogP contribution in [-0.4, -0.2) is 28.6 Å². The average molecular weight is 266 g/mol. The molecule has 0 aliphatic rings. The van der Waals surface area contributed by atoms with E-state index in [0.29, 0.717) is 24.9 Å². The zero-order chi connectivity index (χ0) is 14.4. The molecule has 0 heterocycles. The van der Waals surface area contributed by atoms with E-state index in [0.717, 1.165) is 0 Å². The number of nitro benzene ring substituents is 1. The molecule has 1 rings (SSSR count). The summed E-state index contributed by atoms with van der Waals surface area (Å²) in [6.45, 7) is 3.72. The van der Waals surface area contributed by atoms with Crippen LogP contribution in [0.5, 0.6) is 0 Å². The fourth-order valence-corrected chi connectivity index (χ4v) is 1.79. The Morgan fingerprint density at radius 3 is 2.79 bits per heavy atom. The van der Waals surface area contributed by atoms with Gasteiger partial charge in [0.25, 0.3) is 11.6 Å². The van der Waals surface area contributed by atoms with Crippen molar-refractivity contribution >= 4 is 11.6 Å². The number of carbonyl (C=O) groups is 1. The van der Waals surface area contributed by atoms with E-state index in [1.165, 1.54) is 6.07 Å². The molecular formula is C13H18N2O4. The number of hydrogen-bond donors (Lipinski definition) is 2. The number of rotatable bonds is 6. The summed E-state index contributed by atoms with van der Waals surface area (Å²) in [6.07, 6.45) is 0.795. The van der Waals surface area contributed by atoms with Gasteiger partial charge >= 0.3 is 0 Å². The lowest BCUT2D eigenvalue weighted by Crippen LogP contribution is -2.26. The van der Waals surface area contributed by atoms with Crippen LogP contribution in [-0.2, 0) is 0 Å². The Kier molecular flexibility index (Phi) is 5.44. The Balaban J connectivity index is 2.74. The number of nitrogens with zero attached hydrogens (tertiary/aromatic N) is 1. The largest absolute Gasteiger partial charge is 0.393 e. The quantitative estimate of drug-likeness (QED) is 0.466. The molecule has 6 nitrogen and oxygen atoms in total. The number of nitrogens with one attached hydrogen (secondary N) is 1. The molecule has 0 aliphatic carbocycles. The van der Waals surface area contributed by atoms with Crippen molar-refractivity contribution in [2.24, 2.45) is 0 Å². The highest BCUT2D eigenvalue weighted by Crippen LogP contribution is 2.21. The summed E-state index contributed by atoms with van der Waals surface area (Å²) in [7, 11) is 0. The van der Waals surface area contributed by atoms with E-state index in [2.05, 4.69) is 5.32 Å². The molecule has 1 aromatic rings. The molecule has 0 saturated heterocycles. The maximum Gasteiger partial charge on any atom is 0.282 e. The van der Waals surface area contributed by atoms with E-state index in [1.807, 2.05) is 0 Å². The molecule has 6 heteroatoms. The topological polar surface area (TPSA) is 92.5 Å². The van der Waals surface area contributed by atoms with Crippen LogP contribution in [0, 0.1) is 17.0 Å². The van der Waals surface area contributed by atoms with Crippen molar-refractivity contribution < 1.29 is 14.8 Å². The van der Waals surface area contributed by atoms with Gasteiger partial charge in [-0.1, -0.05) is 12.1 Å². The predicted molar refractivity (Wildman–Crippen MR) is 71.1 cm³/mol. The minimum atomic E-state index is -0.558. The summed E-state index contributed by atoms with van der Waals surface area (Å²) in [5.41, 5.74) is 0.486. The first-order valence-electron chi connectivity index (χ1n) is 6.13. The van der Waals surface area contributed by atoms with Crippen LogP contribution in [0.3, 0.4) is 0 Å². The van der Waals surface area contributed by atoms with E-state index in [9.17, 15) is 14.9 Å². The molecule has 0 radical (unpaired) electrons. The highest BCUT2D eigenvalue weighted by Gasteiger charge is 2.21. The van der Waals surface area contributed by atoms with Crippen LogP contribution in [0.25, 0.3) is 0 Å². The normalized spacial score (nSPS) is 11.9. The summed E-state index contributed by atoms with van der Waals surface area (Å²) in [5.74, 6) is -0.449. The van der Waals surface area contributed by atoms with Gasteiger partial charge in [0.2, 0.25) is 0 Å². The summed E-state index contributed by atoms with van der Waals surface area (Å²) in [4.78, 5) is 22.3. The summed E-state index contributed by atoms with van der Waals surface area (Å²) in [6, 6.07) is 4.53. The van der Waals surface area contributed by atoms with Gasteiger partial charge in [0, 0.05) is 12.6 Å². The second-order valence-corrected chi connectivity index (χ2v) is 4.47. The average Bonchev–Trinajstić information content (AvgIpc) is 2.33. The van der Waals surface area contributed by atoms with Gasteiger partial charge in [0.1, 0.15) is 5.56 Å². The maximum atomic E-state index is 12.0. The van der Waals surface area contributed by atoms with Crippen LogP contribution in [0.15, 0.2) is 18.2 Å². The number of aliphatic hydroxyl groups excluding tert-OH is 1. The molecule has 0 bridgehead atoms. The first kappa shape index (κ1) is 15.1. The molecule has 1 aromatic carbocycles. The highest BCUT2D eigenvalue weighted by molar-refractivity contribution is 5.99. The van der Waals surface area contributed by atoms with Crippen molar-refractivity contribution in [1.29, 1.82) is 0 Å². The molecule has 0 saturated carbocycles. The third kappa shape index (κ3) is 4.33. The van der Waals surface area contributed by atoms with Crippen LogP contribution in [0.1, 0.15) is 35.7 Å². The van der Waals surface area contributed by atoms with Crippen molar-refractivity contribution in [3.63, 3.8) is 0 Å². The molecule has 1 amide bonds. The molecule has 19 heavy (non-hydrogen) atoms. The van der Waals surface area contributed by atoms with Gasteiger partial charge in [0.15, 0.2) is 0 Å². The number of amides is 1. The molecule has 0 spiro atoms. The second kappa shape index (κ2) is 6.84. The van der Waals surface area contributed by atoms with Gasteiger partial charge in [0.05, 0.1) is 11.0 Å². The minimum absolute atomic E-state index is 0.101. The van der Waals surface area contributed by atoms with Crippen molar-refractivity contribution in [3.05, 3.63) is 39.4 Å². The van der Waals surface area contributed by atoms with Crippen molar-refractivity contribution in [2.45, 2.75) is 32.8 Å². The number of hydrogen-bond acceptors (Lipinski definition) is 4. The zero-order valence-electron chi connectivity index (χ0n) is 11.0. The van der Waals surface area contributed by atoms with E-state index < -0.39 is 16.9 Å². The summed E-state index contributed by atoms with van der Waals surface area (Å²) < 4.78 is 0.